The van der Waals surface area contributed by atoms with E-state index in [0.717, 1.165) is 19.0 Å². The van der Waals surface area contributed by atoms with Crippen molar-refractivity contribution in [3.05, 3.63) is 0 Å². The maximum atomic E-state index is 11.9. The van der Waals surface area contributed by atoms with E-state index in [1.807, 2.05) is 0 Å². The fourth-order valence-corrected chi connectivity index (χ4v) is 4.66. The SMILES string of the molecule is CCCCCCCCCCCCO[PH](=O)CCCCCCCCCCCC. The van der Waals surface area contributed by atoms with Gasteiger partial charge in [-0.3, -0.25) is 4.57 Å². The Labute approximate surface area is 172 Å². The molecule has 0 radical (unpaired) electrons. The molecule has 0 N–H and O–H groups in total. The van der Waals surface area contributed by atoms with E-state index >= 15 is 0 Å². The standard InChI is InChI=1S/C24H51O2P/c1-3-5-7-9-11-13-15-17-19-21-23-26-27(25)24-22-20-18-16-14-12-10-8-6-4-2/h27H,3-24H2,1-2H3. The van der Waals surface area contributed by atoms with Gasteiger partial charge in [0.2, 0.25) is 0 Å². The van der Waals surface area contributed by atoms with E-state index in [4.69, 9.17) is 4.52 Å². The molecule has 27 heavy (non-hydrogen) atoms. The van der Waals surface area contributed by atoms with Crippen molar-refractivity contribution in [2.24, 2.45) is 0 Å². The van der Waals surface area contributed by atoms with Crippen LogP contribution in [0, 0.1) is 0 Å². The average molecular weight is 403 g/mol. The molecular weight excluding hydrogens is 351 g/mol. The van der Waals surface area contributed by atoms with Crippen LogP contribution in [0.2, 0.25) is 0 Å². The predicted molar refractivity (Wildman–Crippen MR) is 124 cm³/mol. The molecule has 0 saturated carbocycles. The van der Waals surface area contributed by atoms with Crippen molar-refractivity contribution in [2.75, 3.05) is 12.8 Å². The van der Waals surface area contributed by atoms with Gasteiger partial charge in [-0.15, -0.1) is 0 Å². The van der Waals surface area contributed by atoms with Crippen LogP contribution in [-0.2, 0) is 9.09 Å². The van der Waals surface area contributed by atoms with Crippen LogP contribution in [0.4, 0.5) is 0 Å². The summed E-state index contributed by atoms with van der Waals surface area (Å²) in [6, 6.07) is 0. The molecule has 0 bridgehead atoms. The van der Waals surface area contributed by atoms with Crippen molar-refractivity contribution >= 4 is 8.03 Å². The van der Waals surface area contributed by atoms with Crippen LogP contribution >= 0.6 is 8.03 Å². The van der Waals surface area contributed by atoms with Crippen LogP contribution in [0.5, 0.6) is 0 Å². The first-order chi connectivity index (χ1) is 13.3. The van der Waals surface area contributed by atoms with Gasteiger partial charge < -0.3 is 4.52 Å². The Morgan fingerprint density at radius 1 is 0.481 bits per heavy atom. The first-order valence-corrected chi connectivity index (χ1v) is 14.0. The predicted octanol–water partition coefficient (Wildman–Crippen LogP) is 9.32. The van der Waals surface area contributed by atoms with E-state index in [0.29, 0.717) is 6.61 Å². The molecule has 0 amide bonds. The van der Waals surface area contributed by atoms with E-state index in [1.165, 1.54) is 116 Å². The highest BCUT2D eigenvalue weighted by Crippen LogP contribution is 2.25. The van der Waals surface area contributed by atoms with Crippen molar-refractivity contribution in [1.82, 2.24) is 0 Å². The van der Waals surface area contributed by atoms with E-state index in [2.05, 4.69) is 13.8 Å². The van der Waals surface area contributed by atoms with Crippen molar-refractivity contribution in [3.8, 4) is 0 Å². The second kappa shape index (κ2) is 24.2. The number of hydrogen-bond donors (Lipinski definition) is 0. The molecule has 164 valence electrons. The van der Waals surface area contributed by atoms with Gasteiger partial charge in [-0.05, 0) is 12.8 Å². The summed E-state index contributed by atoms with van der Waals surface area (Å²) in [6.07, 6.45) is 27.5. The maximum Gasteiger partial charge on any atom is 0.191 e. The van der Waals surface area contributed by atoms with Crippen molar-refractivity contribution in [2.45, 2.75) is 142 Å². The van der Waals surface area contributed by atoms with Crippen molar-refractivity contribution < 1.29 is 9.09 Å². The first kappa shape index (κ1) is 27.2. The van der Waals surface area contributed by atoms with Crippen LogP contribution in [0.1, 0.15) is 142 Å². The van der Waals surface area contributed by atoms with Crippen LogP contribution in [0.3, 0.4) is 0 Å². The summed E-state index contributed by atoms with van der Waals surface area (Å²) in [6.45, 7) is 5.26. The molecule has 0 fully saturated rings. The second-order valence-corrected chi connectivity index (χ2v) is 9.87. The zero-order valence-electron chi connectivity index (χ0n) is 18.9. The lowest BCUT2D eigenvalue weighted by molar-refractivity contribution is 0.315. The molecule has 3 heteroatoms. The average Bonchev–Trinajstić information content (AvgIpc) is 2.67. The van der Waals surface area contributed by atoms with Gasteiger partial charge in [0.15, 0.2) is 8.03 Å². The Morgan fingerprint density at radius 2 is 0.815 bits per heavy atom. The molecule has 0 aliphatic rings. The van der Waals surface area contributed by atoms with Gasteiger partial charge in [0.25, 0.3) is 0 Å². The number of hydrogen-bond acceptors (Lipinski definition) is 2. The molecule has 0 aromatic rings. The molecule has 1 unspecified atom stereocenters. The van der Waals surface area contributed by atoms with E-state index in [-0.39, 0.29) is 0 Å². The fourth-order valence-electron chi connectivity index (χ4n) is 3.60. The second-order valence-electron chi connectivity index (χ2n) is 8.33. The van der Waals surface area contributed by atoms with Crippen molar-refractivity contribution in [1.29, 1.82) is 0 Å². The van der Waals surface area contributed by atoms with Gasteiger partial charge in [-0.25, -0.2) is 0 Å². The Kier molecular flexibility index (Phi) is 24.4. The van der Waals surface area contributed by atoms with Crippen LogP contribution < -0.4 is 0 Å². The zero-order valence-corrected chi connectivity index (χ0v) is 19.9. The quantitative estimate of drug-likeness (QED) is 0.126. The zero-order chi connectivity index (χ0) is 19.8. The highest BCUT2D eigenvalue weighted by Gasteiger charge is 2.00. The highest BCUT2D eigenvalue weighted by molar-refractivity contribution is 7.39. The van der Waals surface area contributed by atoms with Crippen LogP contribution in [-0.4, -0.2) is 12.8 Å². The van der Waals surface area contributed by atoms with Gasteiger partial charge in [0.1, 0.15) is 0 Å². The Morgan fingerprint density at radius 3 is 1.22 bits per heavy atom. The molecule has 0 heterocycles. The molecule has 0 aromatic carbocycles. The molecule has 2 nitrogen and oxygen atoms in total. The maximum absolute atomic E-state index is 11.9. The van der Waals surface area contributed by atoms with Gasteiger partial charge in [-0.2, -0.15) is 0 Å². The third-order valence-electron chi connectivity index (χ3n) is 5.50. The van der Waals surface area contributed by atoms with Gasteiger partial charge >= 0.3 is 0 Å². The fraction of sp³-hybridized carbons (Fsp3) is 1.00. The smallest absolute Gasteiger partial charge is 0.191 e. The summed E-state index contributed by atoms with van der Waals surface area (Å²) in [5.74, 6) is 0. The Bertz CT molecular complexity index is 294. The van der Waals surface area contributed by atoms with Crippen LogP contribution in [0.15, 0.2) is 0 Å². The Hall–Kier alpha value is 0.190. The molecule has 0 spiro atoms. The van der Waals surface area contributed by atoms with Gasteiger partial charge in [0, 0.05) is 6.16 Å². The molecular formula is C24H51O2P. The Balaban J connectivity index is 3.13. The third-order valence-corrected chi connectivity index (χ3v) is 6.78. The summed E-state index contributed by atoms with van der Waals surface area (Å²) in [5.41, 5.74) is 0. The van der Waals surface area contributed by atoms with E-state index < -0.39 is 8.03 Å². The highest BCUT2D eigenvalue weighted by atomic mass is 31.1. The molecule has 0 saturated heterocycles. The largest absolute Gasteiger partial charge is 0.330 e. The van der Waals surface area contributed by atoms with Gasteiger partial charge in [0.05, 0.1) is 6.61 Å². The molecule has 0 aromatic heterocycles. The summed E-state index contributed by atoms with van der Waals surface area (Å²) >= 11 is 0. The lowest BCUT2D eigenvalue weighted by atomic mass is 10.1. The minimum absolute atomic E-state index is 0.714. The number of unbranched alkanes of at least 4 members (excludes halogenated alkanes) is 18. The minimum Gasteiger partial charge on any atom is -0.330 e. The van der Waals surface area contributed by atoms with E-state index in [9.17, 15) is 4.57 Å². The number of rotatable bonds is 23. The van der Waals surface area contributed by atoms with Crippen LogP contribution in [0.25, 0.3) is 0 Å². The molecule has 0 aliphatic carbocycles. The monoisotopic (exact) mass is 402 g/mol. The minimum atomic E-state index is -1.76. The van der Waals surface area contributed by atoms with Crippen molar-refractivity contribution in [3.63, 3.8) is 0 Å². The molecule has 1 atom stereocenters. The summed E-state index contributed by atoms with van der Waals surface area (Å²) in [5, 5.41) is 0. The first-order valence-electron chi connectivity index (χ1n) is 12.5. The van der Waals surface area contributed by atoms with Gasteiger partial charge in [-0.1, -0.05) is 129 Å². The third kappa shape index (κ3) is 24.2. The topological polar surface area (TPSA) is 26.3 Å². The normalized spacial score (nSPS) is 12.5. The molecule has 0 rings (SSSR count). The molecule has 0 aliphatic heterocycles. The van der Waals surface area contributed by atoms with E-state index in [1.54, 1.807) is 0 Å². The summed E-state index contributed by atoms with van der Waals surface area (Å²) in [4.78, 5) is 0. The lowest BCUT2D eigenvalue weighted by Crippen LogP contribution is -1.90. The lowest BCUT2D eigenvalue weighted by Gasteiger charge is -2.05. The summed E-state index contributed by atoms with van der Waals surface area (Å²) < 4.78 is 17.4. The summed E-state index contributed by atoms with van der Waals surface area (Å²) in [7, 11) is -1.76.